The predicted molar refractivity (Wildman–Crippen MR) is 126 cm³/mol. The van der Waals surface area contributed by atoms with Crippen molar-refractivity contribution in [3.05, 3.63) is 102 Å². The van der Waals surface area contributed by atoms with E-state index < -0.39 is 0 Å². The zero-order valence-electron chi connectivity index (χ0n) is 18.1. The zero-order chi connectivity index (χ0) is 20.5. The van der Waals surface area contributed by atoms with Crippen LogP contribution in [0.25, 0.3) is 0 Å². The minimum absolute atomic E-state index is 0.597. The highest BCUT2D eigenvalue weighted by atomic mass is 15.3. The molecule has 3 aromatic carbocycles. The normalized spacial score (nSPS) is 22.5. The third kappa shape index (κ3) is 4.02. The Hall–Kier alpha value is -2.58. The molecular weight excluding hydrogens is 364 g/mol. The van der Waals surface area contributed by atoms with Gasteiger partial charge in [-0.3, -0.25) is 4.90 Å². The molecule has 0 aromatic heterocycles. The van der Waals surface area contributed by atoms with Crippen LogP contribution in [0.4, 0.5) is 5.69 Å². The lowest BCUT2D eigenvalue weighted by molar-refractivity contribution is 0.222. The maximum atomic E-state index is 2.72. The fourth-order valence-electron chi connectivity index (χ4n) is 5.22. The number of benzene rings is 3. The molecule has 30 heavy (non-hydrogen) atoms. The Morgan fingerprint density at radius 2 is 1.23 bits per heavy atom. The van der Waals surface area contributed by atoms with Gasteiger partial charge in [-0.2, -0.15) is 0 Å². The van der Waals surface area contributed by atoms with Crippen molar-refractivity contribution in [2.75, 3.05) is 18.0 Å². The van der Waals surface area contributed by atoms with Crippen LogP contribution in [0.2, 0.25) is 0 Å². The van der Waals surface area contributed by atoms with Gasteiger partial charge in [0.15, 0.2) is 0 Å². The maximum absolute atomic E-state index is 2.72. The lowest BCUT2D eigenvalue weighted by Crippen LogP contribution is -2.34. The summed E-state index contributed by atoms with van der Waals surface area (Å²) in [5, 5.41) is 0. The molecule has 2 unspecified atom stereocenters. The molecule has 0 spiro atoms. The van der Waals surface area contributed by atoms with E-state index in [1.807, 2.05) is 0 Å². The van der Waals surface area contributed by atoms with Crippen molar-refractivity contribution in [1.29, 1.82) is 0 Å². The highest BCUT2D eigenvalue weighted by Crippen LogP contribution is 2.50. The van der Waals surface area contributed by atoms with Crippen molar-refractivity contribution >= 4 is 5.69 Å². The summed E-state index contributed by atoms with van der Waals surface area (Å²) in [5.74, 6) is 2.18. The van der Waals surface area contributed by atoms with Gasteiger partial charge in [0.1, 0.15) is 0 Å². The molecule has 1 heterocycles. The number of fused-ring (bicyclic) bond motifs is 1. The van der Waals surface area contributed by atoms with Crippen molar-refractivity contribution < 1.29 is 0 Å². The molecule has 2 aliphatic rings. The standard InChI is InChI=1S/C28H32N2/c1-21(2)24-13-15-25(16-14-24)29-19-26-27(20-29)28(26)30(17-22-9-5-3-6-10-22)18-23-11-7-4-8-12-23/h3-16,21,26-28H,17-20H2,1-2H3/t26-,27?,28?/m0/s1. The van der Waals surface area contributed by atoms with E-state index in [1.165, 1.54) is 35.5 Å². The van der Waals surface area contributed by atoms with Crippen molar-refractivity contribution in [2.24, 2.45) is 11.8 Å². The molecule has 0 bridgehead atoms. The maximum Gasteiger partial charge on any atom is 0.0366 e. The average molecular weight is 397 g/mol. The first-order chi connectivity index (χ1) is 14.7. The SMILES string of the molecule is CC(C)c1ccc(N2CC3C(N(Cc4ccccc4)Cc4ccccc4)[C@H]3C2)cc1. The summed E-state index contributed by atoms with van der Waals surface area (Å²) in [6.45, 7) is 8.98. The van der Waals surface area contributed by atoms with Gasteiger partial charge >= 0.3 is 0 Å². The second-order valence-corrected chi connectivity index (χ2v) is 9.35. The van der Waals surface area contributed by atoms with Crippen LogP contribution in [0.1, 0.15) is 36.5 Å². The highest BCUT2D eigenvalue weighted by Gasteiger charge is 2.58. The average Bonchev–Trinajstić information content (AvgIpc) is 3.27. The minimum atomic E-state index is 0.597. The number of piperidine rings is 1. The molecular formula is C28H32N2. The Labute approximate surface area is 181 Å². The van der Waals surface area contributed by atoms with Gasteiger partial charge in [-0.05, 0) is 46.6 Å². The lowest BCUT2D eigenvalue weighted by atomic mass is 10.0. The van der Waals surface area contributed by atoms with E-state index in [9.17, 15) is 0 Å². The minimum Gasteiger partial charge on any atom is -0.371 e. The molecule has 1 aliphatic carbocycles. The second-order valence-electron chi connectivity index (χ2n) is 9.35. The predicted octanol–water partition coefficient (Wildman–Crippen LogP) is 5.95. The van der Waals surface area contributed by atoms with Crippen LogP contribution >= 0.6 is 0 Å². The van der Waals surface area contributed by atoms with Gasteiger partial charge in [0.25, 0.3) is 0 Å². The second kappa shape index (κ2) is 8.28. The van der Waals surface area contributed by atoms with E-state index in [4.69, 9.17) is 0 Å². The molecule has 3 aromatic rings. The number of hydrogen-bond acceptors (Lipinski definition) is 2. The summed E-state index contributed by atoms with van der Waals surface area (Å²) in [6, 6.07) is 31.9. The number of anilines is 1. The summed E-state index contributed by atoms with van der Waals surface area (Å²) < 4.78 is 0. The number of nitrogens with zero attached hydrogens (tertiary/aromatic N) is 2. The van der Waals surface area contributed by atoms with Gasteiger partial charge in [0.2, 0.25) is 0 Å². The van der Waals surface area contributed by atoms with Gasteiger partial charge in [0, 0.05) is 37.9 Å². The summed E-state index contributed by atoms with van der Waals surface area (Å²) >= 11 is 0. The van der Waals surface area contributed by atoms with Gasteiger partial charge in [0.05, 0.1) is 0 Å². The van der Waals surface area contributed by atoms with Crippen LogP contribution in [0.5, 0.6) is 0 Å². The van der Waals surface area contributed by atoms with Gasteiger partial charge < -0.3 is 4.90 Å². The molecule has 0 amide bonds. The monoisotopic (exact) mass is 396 g/mol. The molecule has 154 valence electrons. The Morgan fingerprint density at radius 3 is 1.70 bits per heavy atom. The van der Waals surface area contributed by atoms with Crippen LogP contribution in [0, 0.1) is 11.8 Å². The van der Waals surface area contributed by atoms with Gasteiger partial charge in [-0.25, -0.2) is 0 Å². The van der Waals surface area contributed by atoms with Crippen LogP contribution in [0.3, 0.4) is 0 Å². The van der Waals surface area contributed by atoms with Gasteiger partial charge in [-0.1, -0.05) is 86.6 Å². The summed E-state index contributed by atoms with van der Waals surface area (Å²) in [6.07, 6.45) is 0. The molecule has 2 heteroatoms. The fourth-order valence-corrected chi connectivity index (χ4v) is 5.22. The number of hydrogen-bond donors (Lipinski definition) is 0. The lowest BCUT2D eigenvalue weighted by Gasteiger charge is -2.29. The Balaban J connectivity index is 1.27. The van der Waals surface area contributed by atoms with Crippen molar-refractivity contribution in [3.8, 4) is 0 Å². The Bertz CT molecular complexity index is 895. The van der Waals surface area contributed by atoms with Crippen LogP contribution < -0.4 is 4.90 Å². The summed E-state index contributed by atoms with van der Waals surface area (Å²) in [5.41, 5.74) is 5.65. The van der Waals surface area contributed by atoms with Crippen LogP contribution in [-0.4, -0.2) is 24.0 Å². The van der Waals surface area contributed by atoms with E-state index in [-0.39, 0.29) is 0 Å². The summed E-state index contributed by atoms with van der Waals surface area (Å²) in [4.78, 5) is 5.32. The zero-order valence-corrected chi connectivity index (χ0v) is 18.1. The largest absolute Gasteiger partial charge is 0.371 e. The number of rotatable bonds is 7. The van der Waals surface area contributed by atoms with E-state index in [2.05, 4.69) is 109 Å². The fraction of sp³-hybridized carbons (Fsp3) is 0.357. The highest BCUT2D eigenvalue weighted by molar-refractivity contribution is 5.51. The molecule has 0 N–H and O–H groups in total. The van der Waals surface area contributed by atoms with Gasteiger partial charge in [-0.15, -0.1) is 0 Å². The molecule has 2 fully saturated rings. The van der Waals surface area contributed by atoms with E-state index in [0.717, 1.165) is 24.9 Å². The Kier molecular flexibility index (Phi) is 5.35. The van der Waals surface area contributed by atoms with Crippen LogP contribution in [0.15, 0.2) is 84.9 Å². The quantitative estimate of drug-likeness (QED) is 0.487. The van der Waals surface area contributed by atoms with Crippen molar-refractivity contribution in [1.82, 2.24) is 4.90 Å². The first kappa shape index (κ1) is 19.4. The van der Waals surface area contributed by atoms with Crippen molar-refractivity contribution in [2.45, 2.75) is 38.9 Å². The first-order valence-electron chi connectivity index (χ1n) is 11.4. The third-order valence-electron chi connectivity index (χ3n) is 6.95. The van der Waals surface area contributed by atoms with Crippen LogP contribution in [-0.2, 0) is 13.1 Å². The molecule has 1 saturated carbocycles. The molecule has 1 aliphatic heterocycles. The molecule has 0 radical (unpaired) electrons. The summed E-state index contributed by atoms with van der Waals surface area (Å²) in [7, 11) is 0. The first-order valence-corrected chi connectivity index (χ1v) is 11.4. The van der Waals surface area contributed by atoms with E-state index in [0.29, 0.717) is 12.0 Å². The molecule has 1 saturated heterocycles. The van der Waals surface area contributed by atoms with E-state index in [1.54, 1.807) is 0 Å². The molecule has 2 nitrogen and oxygen atoms in total. The molecule has 3 atom stereocenters. The Morgan fingerprint density at radius 1 is 0.733 bits per heavy atom. The van der Waals surface area contributed by atoms with E-state index >= 15 is 0 Å². The smallest absolute Gasteiger partial charge is 0.0366 e. The molecule has 5 rings (SSSR count). The topological polar surface area (TPSA) is 6.48 Å². The third-order valence-corrected chi connectivity index (χ3v) is 6.95. The van der Waals surface area contributed by atoms with Crippen molar-refractivity contribution in [3.63, 3.8) is 0 Å².